The molecular formula is C23H36N2. The van der Waals surface area contributed by atoms with Crippen LogP contribution in [-0.2, 0) is 5.41 Å². The molecule has 2 nitrogen and oxygen atoms in total. The van der Waals surface area contributed by atoms with Crippen molar-refractivity contribution in [2.75, 3.05) is 11.5 Å². The zero-order valence-electron chi connectivity index (χ0n) is 17.8. The van der Waals surface area contributed by atoms with E-state index in [4.69, 9.17) is 11.5 Å². The number of hydrogen-bond donors (Lipinski definition) is 2. The molecular weight excluding hydrogens is 304 g/mol. The van der Waals surface area contributed by atoms with Gasteiger partial charge in [0, 0.05) is 16.8 Å². The first-order valence-electron chi connectivity index (χ1n) is 9.23. The Kier molecular flexibility index (Phi) is 6.33. The predicted molar refractivity (Wildman–Crippen MR) is 114 cm³/mol. The Morgan fingerprint density at radius 1 is 0.600 bits per heavy atom. The second-order valence-electron chi connectivity index (χ2n) is 7.43. The maximum Gasteiger partial charge on any atom is 0.0376 e. The van der Waals surface area contributed by atoms with Crippen LogP contribution in [0.15, 0.2) is 12.1 Å². The predicted octanol–water partition coefficient (Wildman–Crippen LogP) is 6.05. The van der Waals surface area contributed by atoms with Gasteiger partial charge >= 0.3 is 0 Å². The van der Waals surface area contributed by atoms with Crippen LogP contribution in [-0.4, -0.2) is 0 Å². The Labute approximate surface area is 154 Å². The molecule has 4 N–H and O–H groups in total. The smallest absolute Gasteiger partial charge is 0.0376 e. The minimum Gasteiger partial charge on any atom is -0.398 e. The first-order chi connectivity index (χ1) is 11.5. The van der Waals surface area contributed by atoms with Gasteiger partial charge in [0.25, 0.3) is 0 Å². The molecule has 0 amide bonds. The summed E-state index contributed by atoms with van der Waals surface area (Å²) in [5.74, 6) is 0. The lowest BCUT2D eigenvalue weighted by atomic mass is 9.72. The Balaban J connectivity index is 0.00000151. The van der Waals surface area contributed by atoms with Crippen LogP contribution in [0.2, 0.25) is 0 Å². The number of nitrogens with two attached hydrogens (primary N) is 2. The molecule has 0 aromatic heterocycles. The van der Waals surface area contributed by atoms with Gasteiger partial charge in [-0.25, -0.2) is 0 Å². The maximum atomic E-state index is 6.22. The molecule has 0 fully saturated rings. The molecule has 0 radical (unpaired) electrons. The molecule has 2 rings (SSSR count). The van der Waals surface area contributed by atoms with Crippen LogP contribution in [0.3, 0.4) is 0 Å². The second kappa shape index (κ2) is 7.51. The van der Waals surface area contributed by atoms with Gasteiger partial charge in [0.05, 0.1) is 0 Å². The van der Waals surface area contributed by atoms with E-state index in [-0.39, 0.29) is 5.41 Å². The fourth-order valence-electron chi connectivity index (χ4n) is 3.65. The van der Waals surface area contributed by atoms with E-state index in [1.807, 2.05) is 13.8 Å². The van der Waals surface area contributed by atoms with E-state index in [9.17, 15) is 0 Å². The molecule has 0 atom stereocenters. The standard InChI is InChI=1S/C21H30N2.C2H6/c1-11-9-17(13(3)15(5)19(11)22)21(7,8)18-10-12(2)20(23)16(6)14(18)4;1-2/h9-10H,22-23H2,1-8H3;1-2H3. The molecule has 0 unspecified atom stereocenters. The van der Waals surface area contributed by atoms with E-state index in [0.29, 0.717) is 0 Å². The maximum absolute atomic E-state index is 6.22. The van der Waals surface area contributed by atoms with Crippen molar-refractivity contribution >= 4 is 11.4 Å². The molecule has 0 heterocycles. The normalized spacial score (nSPS) is 11.1. The summed E-state index contributed by atoms with van der Waals surface area (Å²) < 4.78 is 0. The summed E-state index contributed by atoms with van der Waals surface area (Å²) in [7, 11) is 0. The van der Waals surface area contributed by atoms with Crippen molar-refractivity contribution in [3.8, 4) is 0 Å². The fraction of sp³-hybridized carbons (Fsp3) is 0.478. The van der Waals surface area contributed by atoms with Gasteiger partial charge in [-0.3, -0.25) is 0 Å². The van der Waals surface area contributed by atoms with Gasteiger partial charge in [-0.1, -0.05) is 39.8 Å². The minimum atomic E-state index is -0.0966. The van der Waals surface area contributed by atoms with Crippen molar-refractivity contribution in [1.82, 2.24) is 0 Å². The van der Waals surface area contributed by atoms with Crippen molar-refractivity contribution in [1.29, 1.82) is 0 Å². The Bertz CT molecular complexity index is 718. The summed E-state index contributed by atoms with van der Waals surface area (Å²) >= 11 is 0. The van der Waals surface area contributed by atoms with Gasteiger partial charge < -0.3 is 11.5 Å². The fourth-order valence-corrected chi connectivity index (χ4v) is 3.65. The largest absolute Gasteiger partial charge is 0.398 e. The quantitative estimate of drug-likeness (QED) is 0.653. The highest BCUT2D eigenvalue weighted by atomic mass is 14.6. The summed E-state index contributed by atoms with van der Waals surface area (Å²) in [4.78, 5) is 0. The SMILES string of the molecule is CC.Cc1cc(C(C)(C)c2cc(C)c(N)c(C)c2C)c(C)c(C)c1N. The Hall–Kier alpha value is -1.96. The molecule has 2 aromatic carbocycles. The number of benzene rings is 2. The van der Waals surface area contributed by atoms with Gasteiger partial charge in [0.2, 0.25) is 0 Å². The topological polar surface area (TPSA) is 52.0 Å². The van der Waals surface area contributed by atoms with Gasteiger partial charge in [-0.2, -0.15) is 0 Å². The minimum absolute atomic E-state index is 0.0966. The second-order valence-corrected chi connectivity index (χ2v) is 7.43. The molecule has 0 aliphatic rings. The lowest BCUT2D eigenvalue weighted by Gasteiger charge is -2.32. The van der Waals surface area contributed by atoms with Crippen molar-refractivity contribution in [2.45, 2.75) is 74.7 Å². The average Bonchev–Trinajstić information content (AvgIpc) is 2.58. The van der Waals surface area contributed by atoms with Gasteiger partial charge in [0.15, 0.2) is 0 Å². The van der Waals surface area contributed by atoms with Crippen LogP contribution >= 0.6 is 0 Å². The highest BCUT2D eigenvalue weighted by molar-refractivity contribution is 5.64. The van der Waals surface area contributed by atoms with Gasteiger partial charge in [-0.15, -0.1) is 0 Å². The molecule has 0 saturated carbocycles. The molecule has 25 heavy (non-hydrogen) atoms. The monoisotopic (exact) mass is 340 g/mol. The van der Waals surface area contributed by atoms with Crippen LogP contribution in [0, 0.1) is 41.5 Å². The summed E-state index contributed by atoms with van der Waals surface area (Å²) in [6, 6.07) is 4.50. The highest BCUT2D eigenvalue weighted by Gasteiger charge is 2.29. The third kappa shape index (κ3) is 3.53. The van der Waals surface area contributed by atoms with E-state index in [2.05, 4.69) is 67.5 Å². The lowest BCUT2D eigenvalue weighted by Crippen LogP contribution is -2.24. The molecule has 2 heteroatoms. The Morgan fingerprint density at radius 2 is 0.880 bits per heavy atom. The van der Waals surface area contributed by atoms with Crippen molar-refractivity contribution in [2.24, 2.45) is 0 Å². The van der Waals surface area contributed by atoms with Gasteiger partial charge in [-0.05, 0) is 86.1 Å². The number of hydrogen-bond acceptors (Lipinski definition) is 2. The highest BCUT2D eigenvalue weighted by Crippen LogP contribution is 2.40. The molecule has 0 spiro atoms. The lowest BCUT2D eigenvalue weighted by molar-refractivity contribution is 0.628. The molecule has 138 valence electrons. The summed E-state index contributed by atoms with van der Waals surface area (Å²) in [5, 5.41) is 0. The summed E-state index contributed by atoms with van der Waals surface area (Å²) in [6.07, 6.45) is 0. The third-order valence-electron chi connectivity index (χ3n) is 5.66. The first kappa shape index (κ1) is 21.1. The number of anilines is 2. The van der Waals surface area contributed by atoms with E-state index in [0.717, 1.165) is 22.5 Å². The zero-order valence-corrected chi connectivity index (χ0v) is 17.8. The Morgan fingerprint density at radius 3 is 1.16 bits per heavy atom. The summed E-state index contributed by atoms with van der Waals surface area (Å²) in [5.41, 5.74) is 24.1. The van der Waals surface area contributed by atoms with E-state index >= 15 is 0 Å². The molecule has 0 saturated heterocycles. The molecule has 0 bridgehead atoms. The third-order valence-corrected chi connectivity index (χ3v) is 5.66. The first-order valence-corrected chi connectivity index (χ1v) is 9.23. The summed E-state index contributed by atoms with van der Waals surface area (Å²) in [6.45, 7) is 21.3. The zero-order chi connectivity index (χ0) is 19.7. The van der Waals surface area contributed by atoms with Crippen LogP contribution in [0.5, 0.6) is 0 Å². The number of nitrogen functional groups attached to an aromatic ring is 2. The number of aryl methyl sites for hydroxylation is 2. The van der Waals surface area contributed by atoms with Crippen LogP contribution in [0.4, 0.5) is 11.4 Å². The number of rotatable bonds is 2. The average molecular weight is 341 g/mol. The van der Waals surface area contributed by atoms with E-state index < -0.39 is 0 Å². The van der Waals surface area contributed by atoms with Crippen molar-refractivity contribution < 1.29 is 0 Å². The van der Waals surface area contributed by atoms with E-state index in [1.165, 1.54) is 33.4 Å². The van der Waals surface area contributed by atoms with Crippen LogP contribution in [0.1, 0.15) is 72.2 Å². The van der Waals surface area contributed by atoms with E-state index in [1.54, 1.807) is 0 Å². The molecule has 0 aliphatic heterocycles. The molecule has 0 aliphatic carbocycles. The van der Waals surface area contributed by atoms with Crippen LogP contribution in [0.25, 0.3) is 0 Å². The van der Waals surface area contributed by atoms with Crippen molar-refractivity contribution in [3.63, 3.8) is 0 Å². The molecule has 2 aromatic rings. The van der Waals surface area contributed by atoms with Crippen molar-refractivity contribution in [3.05, 3.63) is 56.6 Å². The van der Waals surface area contributed by atoms with Crippen LogP contribution < -0.4 is 11.5 Å². The van der Waals surface area contributed by atoms with Gasteiger partial charge in [0.1, 0.15) is 0 Å².